The van der Waals surface area contributed by atoms with Crippen molar-refractivity contribution in [2.75, 3.05) is 0 Å². The second-order valence-corrected chi connectivity index (χ2v) is 3.47. The van der Waals surface area contributed by atoms with Crippen molar-refractivity contribution in [1.82, 2.24) is 9.97 Å². The average Bonchev–Trinajstić information content (AvgIpc) is 2.56. The van der Waals surface area contributed by atoms with Gasteiger partial charge in [0.1, 0.15) is 0 Å². The van der Waals surface area contributed by atoms with E-state index in [9.17, 15) is 4.79 Å². The highest BCUT2D eigenvalue weighted by atomic mass is 16.1. The van der Waals surface area contributed by atoms with E-state index >= 15 is 0 Å². The normalized spacial score (nSPS) is 10.4. The van der Waals surface area contributed by atoms with Gasteiger partial charge < -0.3 is 9.97 Å². The summed E-state index contributed by atoms with van der Waals surface area (Å²) < 4.78 is 0. The van der Waals surface area contributed by atoms with Crippen LogP contribution in [0.4, 0.5) is 0 Å². The van der Waals surface area contributed by atoms with Crippen LogP contribution in [-0.4, -0.2) is 9.97 Å². The number of nitrogens with one attached hydrogen (secondary N) is 2. The fraction of sp³-hybridized carbons (Fsp3) is 0.182. The van der Waals surface area contributed by atoms with Crippen molar-refractivity contribution in [3.05, 3.63) is 46.0 Å². The Balaban J connectivity index is 2.61. The summed E-state index contributed by atoms with van der Waals surface area (Å²) >= 11 is 0. The molecule has 0 aliphatic heterocycles. The van der Waals surface area contributed by atoms with Crippen LogP contribution >= 0.6 is 0 Å². The van der Waals surface area contributed by atoms with E-state index in [1.165, 1.54) is 5.56 Å². The number of H-pyrrole nitrogens is 2. The van der Waals surface area contributed by atoms with Crippen LogP contribution in [0, 0.1) is 13.8 Å². The van der Waals surface area contributed by atoms with Crippen LogP contribution < -0.4 is 5.69 Å². The van der Waals surface area contributed by atoms with Crippen molar-refractivity contribution < 1.29 is 0 Å². The van der Waals surface area contributed by atoms with Crippen molar-refractivity contribution in [3.8, 4) is 11.3 Å². The summed E-state index contributed by atoms with van der Waals surface area (Å²) in [6, 6.07) is 6.17. The lowest BCUT2D eigenvalue weighted by molar-refractivity contribution is 1.19. The third-order valence-electron chi connectivity index (χ3n) is 2.28. The minimum atomic E-state index is -0.166. The molecule has 3 nitrogen and oxygen atoms in total. The van der Waals surface area contributed by atoms with Gasteiger partial charge in [-0.15, -0.1) is 0 Å². The number of aromatic amines is 2. The van der Waals surface area contributed by atoms with E-state index in [1.54, 1.807) is 6.20 Å². The molecule has 0 fully saturated rings. The summed E-state index contributed by atoms with van der Waals surface area (Å²) in [4.78, 5) is 16.3. The van der Waals surface area contributed by atoms with E-state index in [0.29, 0.717) is 0 Å². The van der Waals surface area contributed by atoms with E-state index in [2.05, 4.69) is 28.2 Å². The number of aryl methyl sites for hydroxylation is 2. The fourth-order valence-electron chi connectivity index (χ4n) is 1.50. The topological polar surface area (TPSA) is 48.6 Å². The predicted molar refractivity (Wildman–Crippen MR) is 56.3 cm³/mol. The Morgan fingerprint density at radius 1 is 1.21 bits per heavy atom. The molecule has 14 heavy (non-hydrogen) atoms. The molecular formula is C11H12N2O. The van der Waals surface area contributed by atoms with Crippen molar-refractivity contribution in [2.45, 2.75) is 13.8 Å². The van der Waals surface area contributed by atoms with Crippen LogP contribution in [0.25, 0.3) is 11.3 Å². The standard InChI is InChI=1S/C11H12N2O/c1-7-3-4-8(2)9(5-7)10-6-12-11(14)13-10/h3-6H,1-2H3,(H2,12,13,14). The molecule has 0 radical (unpaired) electrons. The first kappa shape index (κ1) is 8.81. The van der Waals surface area contributed by atoms with Gasteiger partial charge >= 0.3 is 5.69 Å². The molecule has 0 spiro atoms. The summed E-state index contributed by atoms with van der Waals surface area (Å²) in [6.45, 7) is 4.06. The van der Waals surface area contributed by atoms with E-state index in [0.717, 1.165) is 16.8 Å². The molecule has 0 saturated carbocycles. The lowest BCUT2D eigenvalue weighted by atomic mass is 10.0. The van der Waals surface area contributed by atoms with Crippen LogP contribution in [-0.2, 0) is 0 Å². The maximum atomic E-state index is 10.9. The summed E-state index contributed by atoms with van der Waals surface area (Å²) in [5.41, 5.74) is 4.10. The van der Waals surface area contributed by atoms with Crippen molar-refractivity contribution >= 4 is 0 Å². The van der Waals surface area contributed by atoms with Gasteiger partial charge in [-0.25, -0.2) is 4.79 Å². The number of hydrogen-bond donors (Lipinski definition) is 2. The monoisotopic (exact) mass is 188 g/mol. The maximum Gasteiger partial charge on any atom is 0.323 e. The van der Waals surface area contributed by atoms with Gasteiger partial charge in [-0.1, -0.05) is 17.7 Å². The molecule has 2 rings (SSSR count). The second-order valence-electron chi connectivity index (χ2n) is 3.47. The number of aromatic nitrogens is 2. The first-order valence-corrected chi connectivity index (χ1v) is 4.52. The zero-order chi connectivity index (χ0) is 10.1. The Morgan fingerprint density at radius 2 is 2.00 bits per heavy atom. The summed E-state index contributed by atoms with van der Waals surface area (Å²) in [5, 5.41) is 0. The number of benzene rings is 1. The molecule has 1 heterocycles. The SMILES string of the molecule is Cc1ccc(C)c(-c2c[nH]c(=O)[nH]2)c1. The predicted octanol–water partition coefficient (Wildman–Crippen LogP) is 1.99. The molecule has 0 amide bonds. The summed E-state index contributed by atoms with van der Waals surface area (Å²) in [5.74, 6) is 0. The van der Waals surface area contributed by atoms with Crippen molar-refractivity contribution in [3.63, 3.8) is 0 Å². The van der Waals surface area contributed by atoms with Crippen LogP contribution in [0.5, 0.6) is 0 Å². The Bertz CT molecular complexity index is 508. The minimum absolute atomic E-state index is 0.166. The smallest absolute Gasteiger partial charge is 0.312 e. The van der Waals surface area contributed by atoms with Gasteiger partial charge in [0.05, 0.1) is 5.69 Å². The molecule has 0 aliphatic carbocycles. The molecule has 3 heteroatoms. The Labute approximate surface area is 81.8 Å². The molecule has 2 aromatic rings. The molecule has 0 unspecified atom stereocenters. The zero-order valence-corrected chi connectivity index (χ0v) is 8.22. The van der Waals surface area contributed by atoms with Gasteiger partial charge in [0.15, 0.2) is 0 Å². The van der Waals surface area contributed by atoms with Gasteiger partial charge in [-0.3, -0.25) is 0 Å². The average molecular weight is 188 g/mol. The highest BCUT2D eigenvalue weighted by Gasteiger charge is 2.03. The Morgan fingerprint density at radius 3 is 2.64 bits per heavy atom. The van der Waals surface area contributed by atoms with Gasteiger partial charge in [0.2, 0.25) is 0 Å². The van der Waals surface area contributed by atoms with Crippen molar-refractivity contribution in [2.24, 2.45) is 0 Å². The second kappa shape index (κ2) is 3.18. The molecule has 1 aromatic heterocycles. The number of rotatable bonds is 1. The first-order chi connectivity index (χ1) is 6.66. The lowest BCUT2D eigenvalue weighted by Crippen LogP contribution is -2.00. The van der Waals surface area contributed by atoms with Crippen LogP contribution in [0.1, 0.15) is 11.1 Å². The van der Waals surface area contributed by atoms with Crippen LogP contribution in [0.2, 0.25) is 0 Å². The third-order valence-corrected chi connectivity index (χ3v) is 2.28. The van der Waals surface area contributed by atoms with E-state index in [-0.39, 0.29) is 5.69 Å². The zero-order valence-electron chi connectivity index (χ0n) is 8.22. The summed E-state index contributed by atoms with van der Waals surface area (Å²) in [7, 11) is 0. The highest BCUT2D eigenvalue weighted by molar-refractivity contribution is 5.63. The third kappa shape index (κ3) is 1.48. The van der Waals surface area contributed by atoms with E-state index in [1.807, 2.05) is 13.8 Å². The molecule has 72 valence electrons. The quantitative estimate of drug-likeness (QED) is 0.706. The Hall–Kier alpha value is -1.77. The molecular weight excluding hydrogens is 176 g/mol. The fourth-order valence-corrected chi connectivity index (χ4v) is 1.50. The van der Waals surface area contributed by atoms with Gasteiger partial charge in [0, 0.05) is 11.8 Å². The largest absolute Gasteiger partial charge is 0.323 e. The lowest BCUT2D eigenvalue weighted by Gasteiger charge is -2.03. The molecule has 0 atom stereocenters. The van der Waals surface area contributed by atoms with Crippen LogP contribution in [0.15, 0.2) is 29.2 Å². The van der Waals surface area contributed by atoms with Gasteiger partial charge in [0.25, 0.3) is 0 Å². The maximum absolute atomic E-state index is 10.9. The molecule has 0 bridgehead atoms. The Kier molecular flexibility index (Phi) is 2.00. The number of imidazole rings is 1. The first-order valence-electron chi connectivity index (χ1n) is 4.52. The van der Waals surface area contributed by atoms with Gasteiger partial charge in [-0.05, 0) is 25.5 Å². The molecule has 2 N–H and O–H groups in total. The highest BCUT2D eigenvalue weighted by Crippen LogP contribution is 2.20. The van der Waals surface area contributed by atoms with Crippen molar-refractivity contribution in [1.29, 1.82) is 0 Å². The van der Waals surface area contributed by atoms with E-state index < -0.39 is 0 Å². The minimum Gasteiger partial charge on any atom is -0.312 e. The van der Waals surface area contributed by atoms with Crippen LogP contribution in [0.3, 0.4) is 0 Å². The molecule has 0 aliphatic rings. The number of hydrogen-bond acceptors (Lipinski definition) is 1. The van der Waals surface area contributed by atoms with E-state index in [4.69, 9.17) is 0 Å². The molecule has 0 saturated heterocycles. The summed E-state index contributed by atoms with van der Waals surface area (Å²) in [6.07, 6.45) is 1.70. The molecule has 1 aromatic carbocycles. The van der Waals surface area contributed by atoms with Gasteiger partial charge in [-0.2, -0.15) is 0 Å².